The average molecular weight is 304 g/mol. The maximum Gasteiger partial charge on any atom is 0.178 e. The second kappa shape index (κ2) is 3.68. The monoisotopic (exact) mass is 303 g/mol. The standard InChI is InChI=1S/C13H10BrN3O/c14-11-6-5-10(18-11)13-16-9-2-1-7-15-12(9)17(13)8-3-4-8/h1-2,5-8H,3-4H2. The zero-order valence-corrected chi connectivity index (χ0v) is 11.1. The van der Waals surface area contributed by atoms with E-state index in [0.29, 0.717) is 6.04 Å². The summed E-state index contributed by atoms with van der Waals surface area (Å²) in [6.07, 6.45) is 4.19. The molecule has 1 saturated carbocycles. The van der Waals surface area contributed by atoms with Crippen LogP contribution in [0, 0.1) is 0 Å². The smallest absolute Gasteiger partial charge is 0.178 e. The summed E-state index contributed by atoms with van der Waals surface area (Å²) in [5.74, 6) is 1.66. The number of halogens is 1. The Morgan fingerprint density at radius 1 is 1.28 bits per heavy atom. The lowest BCUT2D eigenvalue weighted by Crippen LogP contribution is -1.97. The molecule has 0 atom stereocenters. The van der Waals surface area contributed by atoms with Crippen molar-refractivity contribution < 1.29 is 4.42 Å². The van der Waals surface area contributed by atoms with Gasteiger partial charge < -0.3 is 8.98 Å². The molecule has 0 radical (unpaired) electrons. The van der Waals surface area contributed by atoms with Crippen molar-refractivity contribution in [1.29, 1.82) is 0 Å². The molecule has 4 nitrogen and oxygen atoms in total. The first-order valence-corrected chi connectivity index (χ1v) is 6.71. The lowest BCUT2D eigenvalue weighted by molar-refractivity contribution is 0.546. The molecule has 0 aromatic carbocycles. The van der Waals surface area contributed by atoms with E-state index in [2.05, 4.69) is 30.5 Å². The summed E-state index contributed by atoms with van der Waals surface area (Å²) in [6.45, 7) is 0. The van der Waals surface area contributed by atoms with Crippen molar-refractivity contribution in [3.8, 4) is 11.6 Å². The zero-order valence-electron chi connectivity index (χ0n) is 9.51. The van der Waals surface area contributed by atoms with Crippen LogP contribution in [0.25, 0.3) is 22.7 Å². The van der Waals surface area contributed by atoms with Gasteiger partial charge in [0.05, 0.1) is 0 Å². The first kappa shape index (κ1) is 10.3. The zero-order chi connectivity index (χ0) is 12.1. The van der Waals surface area contributed by atoms with Gasteiger partial charge >= 0.3 is 0 Å². The molecule has 0 bridgehead atoms. The molecule has 1 fully saturated rings. The van der Waals surface area contributed by atoms with Gasteiger partial charge in [-0.2, -0.15) is 0 Å². The normalized spacial score (nSPS) is 15.4. The van der Waals surface area contributed by atoms with E-state index in [0.717, 1.165) is 27.4 Å². The number of aromatic nitrogens is 3. The van der Waals surface area contributed by atoms with E-state index in [1.165, 1.54) is 12.8 Å². The van der Waals surface area contributed by atoms with Gasteiger partial charge in [0, 0.05) is 12.2 Å². The van der Waals surface area contributed by atoms with E-state index in [9.17, 15) is 0 Å². The van der Waals surface area contributed by atoms with Crippen molar-refractivity contribution >= 4 is 27.1 Å². The predicted octanol–water partition coefficient (Wildman–Crippen LogP) is 3.79. The number of hydrogen-bond acceptors (Lipinski definition) is 3. The molecule has 0 spiro atoms. The topological polar surface area (TPSA) is 43.9 Å². The van der Waals surface area contributed by atoms with Gasteiger partial charge in [0.2, 0.25) is 0 Å². The van der Waals surface area contributed by atoms with Gasteiger partial charge in [-0.1, -0.05) is 0 Å². The molecule has 0 amide bonds. The molecular formula is C13H10BrN3O. The van der Waals surface area contributed by atoms with Crippen LogP contribution in [0.4, 0.5) is 0 Å². The van der Waals surface area contributed by atoms with E-state index in [-0.39, 0.29) is 0 Å². The van der Waals surface area contributed by atoms with Crippen LogP contribution in [0.3, 0.4) is 0 Å². The summed E-state index contributed by atoms with van der Waals surface area (Å²) in [7, 11) is 0. The average Bonchev–Trinajstić information content (AvgIpc) is 3.00. The second-order valence-corrected chi connectivity index (χ2v) is 5.27. The molecular weight excluding hydrogens is 294 g/mol. The molecule has 5 heteroatoms. The Kier molecular flexibility index (Phi) is 2.11. The predicted molar refractivity (Wildman–Crippen MR) is 71.2 cm³/mol. The van der Waals surface area contributed by atoms with E-state index in [1.807, 2.05) is 30.5 Å². The third-order valence-corrected chi connectivity index (χ3v) is 3.58. The number of nitrogens with zero attached hydrogens (tertiary/aromatic N) is 3. The van der Waals surface area contributed by atoms with Crippen LogP contribution in [0.2, 0.25) is 0 Å². The molecule has 0 unspecified atom stereocenters. The van der Waals surface area contributed by atoms with Gasteiger partial charge in [-0.3, -0.25) is 0 Å². The van der Waals surface area contributed by atoms with Crippen LogP contribution in [0.5, 0.6) is 0 Å². The Morgan fingerprint density at radius 2 is 2.17 bits per heavy atom. The Hall–Kier alpha value is -1.62. The minimum absolute atomic E-state index is 0.517. The first-order valence-electron chi connectivity index (χ1n) is 5.91. The fraction of sp³-hybridized carbons (Fsp3) is 0.231. The van der Waals surface area contributed by atoms with E-state index in [1.54, 1.807) is 0 Å². The minimum Gasteiger partial charge on any atom is -0.446 e. The molecule has 1 aliphatic rings. The Labute approximate surface area is 112 Å². The lowest BCUT2D eigenvalue weighted by Gasteiger charge is -2.03. The van der Waals surface area contributed by atoms with Gasteiger partial charge in [0.1, 0.15) is 5.52 Å². The Morgan fingerprint density at radius 3 is 2.89 bits per heavy atom. The molecule has 3 aromatic heterocycles. The molecule has 4 rings (SSSR count). The van der Waals surface area contributed by atoms with Crippen LogP contribution in [-0.2, 0) is 0 Å². The van der Waals surface area contributed by atoms with Gasteiger partial charge in [-0.15, -0.1) is 0 Å². The molecule has 90 valence electrons. The highest BCUT2D eigenvalue weighted by atomic mass is 79.9. The Balaban J connectivity index is 2.01. The summed E-state index contributed by atoms with van der Waals surface area (Å²) in [6, 6.07) is 8.24. The van der Waals surface area contributed by atoms with Crippen molar-refractivity contribution in [1.82, 2.24) is 14.5 Å². The van der Waals surface area contributed by atoms with Crippen molar-refractivity contribution in [3.05, 3.63) is 35.1 Å². The molecule has 0 N–H and O–H groups in total. The van der Waals surface area contributed by atoms with Crippen LogP contribution < -0.4 is 0 Å². The summed E-state index contributed by atoms with van der Waals surface area (Å²) in [5, 5.41) is 0. The number of hydrogen-bond donors (Lipinski definition) is 0. The third-order valence-electron chi connectivity index (χ3n) is 3.15. The summed E-state index contributed by atoms with van der Waals surface area (Å²) >= 11 is 3.33. The molecule has 18 heavy (non-hydrogen) atoms. The van der Waals surface area contributed by atoms with Gasteiger partial charge in [0.15, 0.2) is 21.9 Å². The van der Waals surface area contributed by atoms with E-state index < -0.39 is 0 Å². The highest BCUT2D eigenvalue weighted by Gasteiger charge is 2.30. The fourth-order valence-electron chi connectivity index (χ4n) is 2.22. The second-order valence-electron chi connectivity index (χ2n) is 4.49. The number of rotatable bonds is 2. The van der Waals surface area contributed by atoms with Crippen LogP contribution in [0.1, 0.15) is 18.9 Å². The molecule has 3 aromatic rings. The minimum atomic E-state index is 0.517. The number of furan rings is 1. The lowest BCUT2D eigenvalue weighted by atomic mass is 10.4. The molecule has 0 aliphatic heterocycles. The number of imidazole rings is 1. The van der Waals surface area contributed by atoms with Crippen LogP contribution >= 0.6 is 15.9 Å². The molecule has 0 saturated heterocycles. The fourth-order valence-corrected chi connectivity index (χ4v) is 2.52. The SMILES string of the molecule is Brc1ccc(-c2nc3cccnc3n2C2CC2)o1. The van der Waals surface area contributed by atoms with Crippen molar-refractivity contribution in [2.75, 3.05) is 0 Å². The maximum atomic E-state index is 5.62. The highest BCUT2D eigenvalue weighted by molar-refractivity contribution is 9.10. The quantitative estimate of drug-likeness (QED) is 0.723. The largest absolute Gasteiger partial charge is 0.446 e. The molecule has 3 heterocycles. The van der Waals surface area contributed by atoms with Gasteiger partial charge in [-0.05, 0) is 53.0 Å². The van der Waals surface area contributed by atoms with Crippen molar-refractivity contribution in [2.24, 2.45) is 0 Å². The Bertz CT molecular complexity index is 727. The number of pyridine rings is 1. The summed E-state index contributed by atoms with van der Waals surface area (Å²) in [4.78, 5) is 9.09. The maximum absolute atomic E-state index is 5.62. The highest BCUT2D eigenvalue weighted by Crippen LogP contribution is 2.41. The summed E-state index contributed by atoms with van der Waals surface area (Å²) < 4.78 is 8.54. The third kappa shape index (κ3) is 1.50. The van der Waals surface area contributed by atoms with E-state index in [4.69, 9.17) is 4.42 Å². The van der Waals surface area contributed by atoms with Crippen LogP contribution in [0.15, 0.2) is 39.5 Å². The van der Waals surface area contributed by atoms with Crippen LogP contribution in [-0.4, -0.2) is 14.5 Å². The molecule has 1 aliphatic carbocycles. The van der Waals surface area contributed by atoms with Crippen molar-refractivity contribution in [3.63, 3.8) is 0 Å². The van der Waals surface area contributed by atoms with Gasteiger partial charge in [-0.25, -0.2) is 9.97 Å². The van der Waals surface area contributed by atoms with E-state index >= 15 is 0 Å². The first-order chi connectivity index (χ1) is 8.83. The van der Waals surface area contributed by atoms with Crippen molar-refractivity contribution in [2.45, 2.75) is 18.9 Å². The van der Waals surface area contributed by atoms with Gasteiger partial charge in [0.25, 0.3) is 0 Å². The number of fused-ring (bicyclic) bond motifs is 1. The summed E-state index contributed by atoms with van der Waals surface area (Å²) in [5.41, 5.74) is 1.87.